The zero-order chi connectivity index (χ0) is 15.7. The largest absolute Gasteiger partial charge is 0.480 e. The topological polar surface area (TPSA) is 75.6 Å². The average Bonchev–Trinajstić information content (AvgIpc) is 2.47. The number of carbonyl (C=O) groups is 2. The molecule has 7 heteroatoms. The maximum absolute atomic E-state index is 11.8. The molecule has 1 unspecified atom stereocenters. The molecule has 0 spiro atoms. The Kier molecular flexibility index (Phi) is 8.26. The molecule has 116 valence electrons. The monoisotopic (exact) mass is 329 g/mol. The van der Waals surface area contributed by atoms with Crippen LogP contribution in [0.3, 0.4) is 0 Å². The molecular weight excluding hydrogens is 310 g/mol. The number of carboxylic acid groups (broad SMARTS) is 1. The summed E-state index contributed by atoms with van der Waals surface area (Å²) in [6, 6.07) is 8.33. The first-order chi connectivity index (χ1) is 10.0. The lowest BCUT2D eigenvalue weighted by molar-refractivity contribution is -0.146. The zero-order valence-corrected chi connectivity index (χ0v) is 13.6. The lowest BCUT2D eigenvalue weighted by Gasteiger charge is -2.19. The number of rotatable bonds is 9. The summed E-state index contributed by atoms with van der Waals surface area (Å²) in [6.07, 6.45) is 0. The van der Waals surface area contributed by atoms with Crippen molar-refractivity contribution in [3.05, 3.63) is 30.3 Å². The number of carbonyl (C=O) groups excluding carboxylic acids is 1. The summed E-state index contributed by atoms with van der Waals surface area (Å²) in [4.78, 5) is 23.8. The van der Waals surface area contributed by atoms with Crippen molar-refractivity contribution < 1.29 is 19.4 Å². The fraction of sp³-hybridized carbons (Fsp3) is 0.429. The van der Waals surface area contributed by atoms with Crippen molar-refractivity contribution in [1.29, 1.82) is 0 Å². The quantitative estimate of drug-likeness (QED) is 0.532. The van der Waals surface area contributed by atoms with Gasteiger partial charge in [-0.25, -0.2) is 0 Å². The minimum absolute atomic E-state index is 0.273. The Bertz CT molecular complexity index is 456. The molecule has 0 radical (unpaired) electrons. The molecule has 0 heterocycles. The Hall–Kier alpha value is -1.18. The van der Waals surface area contributed by atoms with Gasteiger partial charge in [0, 0.05) is 10.6 Å². The van der Waals surface area contributed by atoms with Gasteiger partial charge in [0.05, 0.1) is 6.61 Å². The Morgan fingerprint density at radius 3 is 2.57 bits per heavy atom. The molecule has 1 aromatic carbocycles. The van der Waals surface area contributed by atoms with Gasteiger partial charge in [-0.1, -0.05) is 39.8 Å². The number of hydrogen-bond donors (Lipinski definition) is 2. The molecule has 0 saturated carbocycles. The normalized spacial score (nSPS) is 13.4. The third-order valence-electron chi connectivity index (χ3n) is 2.53. The first kappa shape index (κ1) is 17.9. The van der Waals surface area contributed by atoms with E-state index in [-0.39, 0.29) is 6.61 Å². The van der Waals surface area contributed by atoms with Gasteiger partial charge < -0.3 is 9.84 Å². The minimum Gasteiger partial charge on any atom is -0.480 e. The average molecular weight is 329 g/mol. The SMILES string of the molecule is CCOC(=O)[C@H](CSSc1ccccc1)NC(C)C(=O)O. The van der Waals surface area contributed by atoms with E-state index in [1.807, 2.05) is 30.3 Å². The van der Waals surface area contributed by atoms with Gasteiger partial charge in [-0.2, -0.15) is 0 Å². The van der Waals surface area contributed by atoms with Crippen LogP contribution in [-0.2, 0) is 14.3 Å². The maximum atomic E-state index is 11.8. The molecule has 0 amide bonds. The van der Waals surface area contributed by atoms with Gasteiger partial charge in [0.25, 0.3) is 0 Å². The van der Waals surface area contributed by atoms with Gasteiger partial charge in [-0.05, 0) is 26.0 Å². The van der Waals surface area contributed by atoms with Crippen LogP contribution in [0.2, 0.25) is 0 Å². The van der Waals surface area contributed by atoms with Crippen LogP contribution in [-0.4, -0.2) is 41.5 Å². The Labute approximate surface area is 132 Å². The summed E-state index contributed by atoms with van der Waals surface area (Å²) in [5.74, 6) is -0.993. The van der Waals surface area contributed by atoms with Gasteiger partial charge >= 0.3 is 11.9 Å². The second kappa shape index (κ2) is 9.70. The molecule has 21 heavy (non-hydrogen) atoms. The third-order valence-corrected chi connectivity index (χ3v) is 4.92. The van der Waals surface area contributed by atoms with Crippen molar-refractivity contribution >= 4 is 33.5 Å². The van der Waals surface area contributed by atoms with Gasteiger partial charge in [0.15, 0.2) is 0 Å². The van der Waals surface area contributed by atoms with E-state index >= 15 is 0 Å². The van der Waals surface area contributed by atoms with Crippen LogP contribution in [0.5, 0.6) is 0 Å². The second-order valence-electron chi connectivity index (χ2n) is 4.21. The van der Waals surface area contributed by atoms with Gasteiger partial charge in [0.2, 0.25) is 0 Å². The van der Waals surface area contributed by atoms with E-state index in [0.29, 0.717) is 5.75 Å². The van der Waals surface area contributed by atoms with Gasteiger partial charge in [0.1, 0.15) is 12.1 Å². The predicted molar refractivity (Wildman–Crippen MR) is 85.4 cm³/mol. The van der Waals surface area contributed by atoms with Crippen molar-refractivity contribution in [3.63, 3.8) is 0 Å². The van der Waals surface area contributed by atoms with Crippen molar-refractivity contribution in [1.82, 2.24) is 5.32 Å². The van der Waals surface area contributed by atoms with Gasteiger partial charge in [-0.15, -0.1) is 0 Å². The summed E-state index contributed by atoms with van der Waals surface area (Å²) >= 11 is 0. The molecule has 2 N–H and O–H groups in total. The van der Waals surface area contributed by atoms with Crippen LogP contribution in [0.4, 0.5) is 0 Å². The van der Waals surface area contributed by atoms with Gasteiger partial charge in [-0.3, -0.25) is 14.9 Å². The summed E-state index contributed by atoms with van der Waals surface area (Å²) in [6.45, 7) is 3.50. The molecule has 0 bridgehead atoms. The second-order valence-corrected chi connectivity index (χ2v) is 6.63. The highest BCUT2D eigenvalue weighted by molar-refractivity contribution is 8.76. The molecule has 0 aliphatic carbocycles. The van der Waals surface area contributed by atoms with Crippen molar-refractivity contribution in [3.8, 4) is 0 Å². The number of nitrogens with one attached hydrogen (secondary N) is 1. The molecule has 0 saturated heterocycles. The van der Waals surface area contributed by atoms with E-state index in [2.05, 4.69) is 5.32 Å². The number of aliphatic carboxylic acids is 1. The predicted octanol–water partition coefficient (Wildman–Crippen LogP) is 2.42. The first-order valence-corrected chi connectivity index (χ1v) is 8.86. The summed E-state index contributed by atoms with van der Waals surface area (Å²) in [5, 5.41) is 11.7. The standard InChI is InChI=1S/C14H19NO4S2/c1-3-19-14(18)12(15-10(2)13(16)17)9-20-21-11-7-5-4-6-8-11/h4-8,10,12,15H,3,9H2,1-2H3,(H,16,17)/t10?,12-/m0/s1. The summed E-state index contributed by atoms with van der Waals surface area (Å²) in [7, 11) is 3.02. The molecule has 5 nitrogen and oxygen atoms in total. The fourth-order valence-corrected chi connectivity index (χ4v) is 3.64. The van der Waals surface area contributed by atoms with E-state index in [1.165, 1.54) is 17.7 Å². The molecule has 1 rings (SSSR count). The lowest BCUT2D eigenvalue weighted by atomic mass is 10.2. The highest BCUT2D eigenvalue weighted by Gasteiger charge is 2.24. The molecule has 0 fully saturated rings. The van der Waals surface area contributed by atoms with E-state index in [4.69, 9.17) is 9.84 Å². The molecule has 0 aromatic heterocycles. The van der Waals surface area contributed by atoms with Crippen LogP contribution in [0.25, 0.3) is 0 Å². The highest BCUT2D eigenvalue weighted by Crippen LogP contribution is 2.31. The van der Waals surface area contributed by atoms with Crippen LogP contribution in [0.1, 0.15) is 13.8 Å². The van der Waals surface area contributed by atoms with Crippen LogP contribution in [0.15, 0.2) is 35.2 Å². The highest BCUT2D eigenvalue weighted by atomic mass is 33.1. The Morgan fingerprint density at radius 1 is 1.33 bits per heavy atom. The number of carboxylic acids is 1. The summed E-state index contributed by atoms with van der Waals surface area (Å²) < 4.78 is 4.97. The van der Waals surface area contributed by atoms with Crippen molar-refractivity contribution in [2.75, 3.05) is 12.4 Å². The minimum atomic E-state index is -0.995. The smallest absolute Gasteiger partial charge is 0.324 e. The summed E-state index contributed by atoms with van der Waals surface area (Å²) in [5.41, 5.74) is 0. The van der Waals surface area contributed by atoms with E-state index in [9.17, 15) is 9.59 Å². The van der Waals surface area contributed by atoms with E-state index < -0.39 is 24.0 Å². The molecule has 1 aromatic rings. The number of benzene rings is 1. The number of esters is 1. The number of ether oxygens (including phenoxy) is 1. The molecule has 0 aliphatic rings. The van der Waals surface area contributed by atoms with E-state index in [0.717, 1.165) is 4.90 Å². The lowest BCUT2D eigenvalue weighted by Crippen LogP contribution is -2.47. The Balaban J connectivity index is 2.52. The van der Waals surface area contributed by atoms with E-state index in [1.54, 1.807) is 17.7 Å². The van der Waals surface area contributed by atoms with Crippen LogP contribution in [0, 0.1) is 0 Å². The van der Waals surface area contributed by atoms with Crippen molar-refractivity contribution in [2.45, 2.75) is 30.8 Å². The zero-order valence-electron chi connectivity index (χ0n) is 11.9. The molecule has 2 atom stereocenters. The third kappa shape index (κ3) is 6.88. The van der Waals surface area contributed by atoms with Crippen LogP contribution < -0.4 is 5.32 Å². The fourth-order valence-electron chi connectivity index (χ4n) is 1.45. The molecular formula is C14H19NO4S2. The maximum Gasteiger partial charge on any atom is 0.324 e. The molecule has 0 aliphatic heterocycles. The van der Waals surface area contributed by atoms with Crippen molar-refractivity contribution in [2.24, 2.45) is 0 Å². The number of hydrogen-bond acceptors (Lipinski definition) is 6. The first-order valence-electron chi connectivity index (χ1n) is 6.54. The Morgan fingerprint density at radius 2 is 2.00 bits per heavy atom. The van der Waals surface area contributed by atoms with Crippen LogP contribution >= 0.6 is 21.6 Å².